The summed E-state index contributed by atoms with van der Waals surface area (Å²) in [5.41, 5.74) is 1.14. The molecule has 0 saturated heterocycles. The van der Waals surface area contributed by atoms with Gasteiger partial charge in [0.2, 0.25) is 0 Å². The highest BCUT2D eigenvalue weighted by atomic mass is 35.5. The van der Waals surface area contributed by atoms with Gasteiger partial charge in [-0.25, -0.2) is 0 Å². The predicted octanol–water partition coefficient (Wildman–Crippen LogP) is 5.06. The smallest absolute Gasteiger partial charge is 0.137 e. The van der Waals surface area contributed by atoms with E-state index in [-0.39, 0.29) is 5.38 Å². The molecule has 2 aliphatic rings. The van der Waals surface area contributed by atoms with Crippen LogP contribution in [-0.4, -0.2) is 7.11 Å². The third-order valence-corrected chi connectivity index (χ3v) is 5.39. The van der Waals surface area contributed by atoms with Gasteiger partial charge >= 0.3 is 0 Å². The van der Waals surface area contributed by atoms with Gasteiger partial charge in [0.15, 0.2) is 0 Å². The maximum absolute atomic E-state index is 6.65. The Balaban J connectivity index is 1.76. The van der Waals surface area contributed by atoms with Gasteiger partial charge in [0, 0.05) is 0 Å². The molecular formula is C15H18Cl2O. The SMILES string of the molecule is COc1ccc(C(Cl)C2C3CCCCC32)cc1Cl. The van der Waals surface area contributed by atoms with E-state index in [0.29, 0.717) is 10.9 Å². The van der Waals surface area contributed by atoms with E-state index >= 15 is 0 Å². The van der Waals surface area contributed by atoms with Gasteiger partial charge in [0.1, 0.15) is 5.75 Å². The third kappa shape index (κ3) is 2.12. The number of benzene rings is 1. The van der Waals surface area contributed by atoms with Gasteiger partial charge in [-0.05, 0) is 48.3 Å². The van der Waals surface area contributed by atoms with Gasteiger partial charge in [-0.1, -0.05) is 30.5 Å². The maximum Gasteiger partial charge on any atom is 0.137 e. The molecule has 98 valence electrons. The number of fused-ring (bicyclic) bond motifs is 1. The summed E-state index contributed by atoms with van der Waals surface area (Å²) in [5, 5.41) is 0.769. The second-order valence-corrected chi connectivity index (χ2v) is 6.36. The fourth-order valence-electron chi connectivity index (χ4n) is 3.56. The molecule has 0 radical (unpaired) electrons. The molecule has 3 heteroatoms. The Morgan fingerprint density at radius 3 is 2.44 bits per heavy atom. The zero-order chi connectivity index (χ0) is 12.7. The largest absolute Gasteiger partial charge is 0.495 e. The molecule has 18 heavy (non-hydrogen) atoms. The molecule has 0 aromatic heterocycles. The van der Waals surface area contributed by atoms with Crippen LogP contribution in [0.5, 0.6) is 5.75 Å². The first-order valence-electron chi connectivity index (χ1n) is 6.70. The molecule has 1 aromatic rings. The normalized spacial score (nSPS) is 31.6. The van der Waals surface area contributed by atoms with Crippen molar-refractivity contribution in [2.24, 2.45) is 17.8 Å². The van der Waals surface area contributed by atoms with Crippen LogP contribution in [0.25, 0.3) is 0 Å². The molecule has 2 fully saturated rings. The molecule has 0 aliphatic heterocycles. The Kier molecular flexibility index (Phi) is 3.46. The summed E-state index contributed by atoms with van der Waals surface area (Å²) >= 11 is 12.8. The minimum atomic E-state index is 0.113. The quantitative estimate of drug-likeness (QED) is 0.705. The molecule has 0 amide bonds. The van der Waals surface area contributed by atoms with Gasteiger partial charge in [-0.2, -0.15) is 0 Å². The van der Waals surface area contributed by atoms with Crippen LogP contribution in [0.4, 0.5) is 0 Å². The lowest BCUT2D eigenvalue weighted by molar-refractivity contribution is 0.415. The highest BCUT2D eigenvalue weighted by molar-refractivity contribution is 6.32. The zero-order valence-corrected chi connectivity index (χ0v) is 12.0. The fourth-order valence-corrected chi connectivity index (χ4v) is 4.33. The van der Waals surface area contributed by atoms with Crippen LogP contribution in [0, 0.1) is 17.8 Å². The second kappa shape index (κ2) is 4.94. The van der Waals surface area contributed by atoms with Crippen LogP contribution in [0.1, 0.15) is 36.6 Å². The van der Waals surface area contributed by atoms with E-state index in [4.69, 9.17) is 27.9 Å². The molecular weight excluding hydrogens is 267 g/mol. The Labute approximate surface area is 118 Å². The Morgan fingerprint density at radius 1 is 1.22 bits per heavy atom. The molecule has 1 nitrogen and oxygen atoms in total. The summed E-state index contributed by atoms with van der Waals surface area (Å²) in [6, 6.07) is 5.92. The molecule has 0 heterocycles. The predicted molar refractivity (Wildman–Crippen MR) is 75.5 cm³/mol. The zero-order valence-electron chi connectivity index (χ0n) is 10.5. The van der Waals surface area contributed by atoms with Gasteiger partial charge in [0.25, 0.3) is 0 Å². The molecule has 3 unspecified atom stereocenters. The Bertz CT molecular complexity index is 434. The summed E-state index contributed by atoms with van der Waals surface area (Å²) in [6.45, 7) is 0. The lowest BCUT2D eigenvalue weighted by atomic mass is 10.0. The minimum absolute atomic E-state index is 0.113. The number of hydrogen-bond donors (Lipinski definition) is 0. The van der Waals surface area contributed by atoms with Crippen LogP contribution < -0.4 is 4.74 Å². The van der Waals surface area contributed by atoms with Gasteiger partial charge in [0.05, 0.1) is 17.5 Å². The van der Waals surface area contributed by atoms with Crippen LogP contribution in [0.3, 0.4) is 0 Å². The number of halogens is 2. The first-order chi connectivity index (χ1) is 8.72. The number of methoxy groups -OCH3 is 1. The van der Waals surface area contributed by atoms with Crippen molar-refractivity contribution in [3.05, 3.63) is 28.8 Å². The topological polar surface area (TPSA) is 9.23 Å². The number of hydrogen-bond acceptors (Lipinski definition) is 1. The van der Waals surface area contributed by atoms with Crippen molar-refractivity contribution < 1.29 is 4.74 Å². The number of ether oxygens (including phenoxy) is 1. The first-order valence-corrected chi connectivity index (χ1v) is 7.51. The van der Waals surface area contributed by atoms with Crippen LogP contribution in [-0.2, 0) is 0 Å². The summed E-state index contributed by atoms with van der Waals surface area (Å²) in [5.74, 6) is 3.11. The van der Waals surface area contributed by atoms with Crippen molar-refractivity contribution in [2.45, 2.75) is 31.1 Å². The second-order valence-electron chi connectivity index (χ2n) is 5.49. The molecule has 3 rings (SSSR count). The average molecular weight is 285 g/mol. The standard InChI is InChI=1S/C15H18Cl2O/c1-18-13-7-6-9(8-12(13)16)15(17)14-10-4-2-3-5-11(10)14/h6-8,10-11,14-15H,2-5H2,1H3. The lowest BCUT2D eigenvalue weighted by Gasteiger charge is -2.11. The van der Waals surface area contributed by atoms with E-state index < -0.39 is 0 Å². The van der Waals surface area contributed by atoms with Crippen molar-refractivity contribution in [3.63, 3.8) is 0 Å². The highest BCUT2D eigenvalue weighted by Crippen LogP contribution is 2.62. The van der Waals surface area contributed by atoms with Crippen molar-refractivity contribution >= 4 is 23.2 Å². The summed E-state index contributed by atoms with van der Waals surface area (Å²) in [6.07, 6.45) is 5.49. The molecule has 2 aliphatic carbocycles. The molecule has 0 spiro atoms. The van der Waals surface area contributed by atoms with E-state index in [1.165, 1.54) is 25.7 Å². The number of rotatable bonds is 3. The average Bonchev–Trinajstić information content (AvgIpc) is 3.12. The van der Waals surface area contributed by atoms with Crippen molar-refractivity contribution in [3.8, 4) is 5.75 Å². The molecule has 1 aromatic carbocycles. The van der Waals surface area contributed by atoms with Gasteiger partial charge in [-0.15, -0.1) is 11.6 Å². The van der Waals surface area contributed by atoms with E-state index in [2.05, 4.69) is 0 Å². The monoisotopic (exact) mass is 284 g/mol. The summed E-state index contributed by atoms with van der Waals surface area (Å²) in [7, 11) is 1.63. The third-order valence-electron chi connectivity index (χ3n) is 4.55. The molecule has 2 saturated carbocycles. The van der Waals surface area contributed by atoms with E-state index in [1.807, 2.05) is 18.2 Å². The fraction of sp³-hybridized carbons (Fsp3) is 0.600. The van der Waals surface area contributed by atoms with Gasteiger partial charge in [-0.3, -0.25) is 0 Å². The van der Waals surface area contributed by atoms with E-state index in [1.54, 1.807) is 7.11 Å². The van der Waals surface area contributed by atoms with Crippen LogP contribution in [0.2, 0.25) is 5.02 Å². The van der Waals surface area contributed by atoms with Crippen molar-refractivity contribution in [2.75, 3.05) is 7.11 Å². The van der Waals surface area contributed by atoms with Gasteiger partial charge < -0.3 is 4.74 Å². The minimum Gasteiger partial charge on any atom is -0.495 e. The Hall–Kier alpha value is -0.400. The van der Waals surface area contributed by atoms with E-state index in [9.17, 15) is 0 Å². The highest BCUT2D eigenvalue weighted by Gasteiger charge is 2.53. The lowest BCUT2D eigenvalue weighted by Crippen LogP contribution is -1.96. The van der Waals surface area contributed by atoms with Crippen LogP contribution in [0.15, 0.2) is 18.2 Å². The van der Waals surface area contributed by atoms with Crippen LogP contribution >= 0.6 is 23.2 Å². The molecule has 0 N–H and O–H groups in total. The van der Waals surface area contributed by atoms with Crippen molar-refractivity contribution in [1.29, 1.82) is 0 Å². The van der Waals surface area contributed by atoms with E-state index in [0.717, 1.165) is 23.1 Å². The summed E-state index contributed by atoms with van der Waals surface area (Å²) < 4.78 is 5.18. The molecule has 3 atom stereocenters. The number of alkyl halides is 1. The Morgan fingerprint density at radius 2 is 1.89 bits per heavy atom. The van der Waals surface area contributed by atoms with Crippen molar-refractivity contribution in [1.82, 2.24) is 0 Å². The summed E-state index contributed by atoms with van der Waals surface area (Å²) in [4.78, 5) is 0. The maximum atomic E-state index is 6.65. The first kappa shape index (κ1) is 12.6. The molecule has 0 bridgehead atoms.